The van der Waals surface area contributed by atoms with Crippen molar-refractivity contribution in [3.8, 4) is 12.0 Å². The molecule has 2 rings (SSSR count). The molecule has 9 nitrogen and oxygen atoms in total. The standard InChI is InChI=1S/C13H11F3N4O5S/c1-24-12-17-10(18-13(19-12)25-2)9(21)6-4-3-5-7(14)8(6)20(11(15)16)26(22)23/h3-5,11,26H,1-2H3. The topological polar surface area (TPSA) is 112 Å². The molecule has 0 saturated carbocycles. The molecular weight excluding hydrogens is 381 g/mol. The van der Waals surface area contributed by atoms with Crippen LogP contribution in [0.1, 0.15) is 16.2 Å². The average molecular weight is 392 g/mol. The Hall–Kier alpha value is -2.96. The van der Waals surface area contributed by atoms with Crippen molar-refractivity contribution in [1.29, 1.82) is 0 Å². The predicted molar refractivity (Wildman–Crippen MR) is 81.6 cm³/mol. The highest BCUT2D eigenvalue weighted by Crippen LogP contribution is 2.29. The molecule has 26 heavy (non-hydrogen) atoms. The van der Waals surface area contributed by atoms with Gasteiger partial charge in [0.05, 0.1) is 19.8 Å². The predicted octanol–water partition coefficient (Wildman–Crippen LogP) is 0.814. The molecule has 1 aromatic heterocycles. The van der Waals surface area contributed by atoms with Gasteiger partial charge in [0.1, 0.15) is 11.5 Å². The summed E-state index contributed by atoms with van der Waals surface area (Å²) in [6.07, 6.45) is 0. The number of benzene rings is 1. The number of para-hydroxylation sites is 1. The van der Waals surface area contributed by atoms with Gasteiger partial charge in [0, 0.05) is 0 Å². The summed E-state index contributed by atoms with van der Waals surface area (Å²) >= 11 is 0. The summed E-state index contributed by atoms with van der Waals surface area (Å²) in [6, 6.07) is 2.09. The highest BCUT2D eigenvalue weighted by molar-refractivity contribution is 7.74. The van der Waals surface area contributed by atoms with Crippen LogP contribution >= 0.6 is 0 Å². The van der Waals surface area contributed by atoms with Gasteiger partial charge in [-0.25, -0.2) is 17.1 Å². The van der Waals surface area contributed by atoms with Gasteiger partial charge in [0.25, 0.3) is 0 Å². The Balaban J connectivity index is 2.66. The van der Waals surface area contributed by atoms with E-state index in [1.165, 1.54) is 14.2 Å². The molecule has 0 bridgehead atoms. The fourth-order valence-corrected chi connectivity index (χ4v) is 2.43. The number of halogens is 3. The van der Waals surface area contributed by atoms with Gasteiger partial charge in [-0.2, -0.15) is 18.7 Å². The van der Waals surface area contributed by atoms with Crippen molar-refractivity contribution in [3.05, 3.63) is 35.4 Å². The van der Waals surface area contributed by atoms with Crippen molar-refractivity contribution in [3.63, 3.8) is 0 Å². The van der Waals surface area contributed by atoms with Crippen molar-refractivity contribution < 1.29 is 35.9 Å². The Morgan fingerprint density at radius 1 is 1.12 bits per heavy atom. The van der Waals surface area contributed by atoms with Crippen LogP contribution < -0.4 is 13.8 Å². The van der Waals surface area contributed by atoms with Gasteiger partial charge in [-0.1, -0.05) is 6.07 Å². The van der Waals surface area contributed by atoms with E-state index >= 15 is 0 Å². The second-order valence-corrected chi connectivity index (χ2v) is 5.36. The minimum absolute atomic E-state index is 0.321. The maximum atomic E-state index is 14.1. The number of nitrogens with zero attached hydrogens (tertiary/aromatic N) is 4. The molecule has 1 heterocycles. The molecular formula is C13H11F3N4O5S. The van der Waals surface area contributed by atoms with Crippen LogP contribution in [0.15, 0.2) is 18.2 Å². The molecule has 2 aromatic rings. The summed E-state index contributed by atoms with van der Waals surface area (Å²) < 4.78 is 71.5. The lowest BCUT2D eigenvalue weighted by Gasteiger charge is -2.19. The highest BCUT2D eigenvalue weighted by atomic mass is 32.2. The fourth-order valence-electron chi connectivity index (χ4n) is 1.92. The SMILES string of the molecule is COc1nc(OC)nc(C(=O)c2cccc(F)c2N(C(F)F)[SH](=O)=O)n1. The number of ether oxygens (including phenoxy) is 2. The van der Waals surface area contributed by atoms with Crippen molar-refractivity contribution in [2.24, 2.45) is 0 Å². The summed E-state index contributed by atoms with van der Waals surface area (Å²) in [4.78, 5) is 23.5. The van der Waals surface area contributed by atoms with E-state index in [0.29, 0.717) is 0 Å². The van der Waals surface area contributed by atoms with Gasteiger partial charge in [-0.05, 0) is 12.1 Å². The van der Waals surface area contributed by atoms with Gasteiger partial charge in [0.2, 0.25) is 22.5 Å². The molecule has 0 aliphatic carbocycles. The largest absolute Gasteiger partial charge is 0.467 e. The molecule has 0 amide bonds. The lowest BCUT2D eigenvalue weighted by molar-refractivity contribution is 0.102. The van der Waals surface area contributed by atoms with Crippen molar-refractivity contribution in [2.45, 2.75) is 6.55 Å². The molecule has 0 unspecified atom stereocenters. The third-order valence-corrected chi connectivity index (χ3v) is 3.71. The number of thiol groups is 1. The van der Waals surface area contributed by atoms with E-state index in [9.17, 15) is 26.4 Å². The van der Waals surface area contributed by atoms with E-state index in [2.05, 4.69) is 15.0 Å². The van der Waals surface area contributed by atoms with Crippen LogP contribution in [0.2, 0.25) is 0 Å². The molecule has 0 saturated heterocycles. The van der Waals surface area contributed by atoms with Crippen LogP contribution in [0.25, 0.3) is 0 Å². The second-order valence-electron chi connectivity index (χ2n) is 4.46. The minimum Gasteiger partial charge on any atom is -0.467 e. The third-order valence-electron chi connectivity index (χ3n) is 2.98. The molecule has 0 aliphatic rings. The highest BCUT2D eigenvalue weighted by Gasteiger charge is 2.30. The number of methoxy groups -OCH3 is 2. The average Bonchev–Trinajstić information content (AvgIpc) is 2.61. The van der Waals surface area contributed by atoms with E-state index in [1.807, 2.05) is 0 Å². The van der Waals surface area contributed by atoms with Crippen LogP contribution in [0.4, 0.5) is 18.9 Å². The Morgan fingerprint density at radius 2 is 1.69 bits per heavy atom. The normalized spacial score (nSPS) is 10.9. The van der Waals surface area contributed by atoms with E-state index in [-0.39, 0.29) is 12.0 Å². The van der Waals surface area contributed by atoms with E-state index < -0.39 is 50.4 Å². The monoisotopic (exact) mass is 392 g/mol. The number of rotatable bonds is 7. The number of aromatic nitrogens is 3. The van der Waals surface area contributed by atoms with Crippen LogP contribution in [-0.2, 0) is 10.9 Å². The summed E-state index contributed by atoms with van der Waals surface area (Å²) in [6.45, 7) is -3.61. The minimum atomic E-state index is -3.94. The quantitative estimate of drug-likeness (QED) is 0.419. The summed E-state index contributed by atoms with van der Waals surface area (Å²) in [5.74, 6) is -3.10. The summed E-state index contributed by atoms with van der Waals surface area (Å²) in [5, 5.41) is 0. The van der Waals surface area contributed by atoms with Crippen molar-refractivity contribution in [1.82, 2.24) is 15.0 Å². The number of hydrogen-bond acceptors (Lipinski definition) is 8. The number of carbonyl (C=O) groups excluding carboxylic acids is 1. The van der Waals surface area contributed by atoms with Gasteiger partial charge in [-0.3, -0.25) is 4.79 Å². The zero-order valence-corrected chi connectivity index (χ0v) is 14.1. The Labute approximate surface area is 146 Å². The smallest absolute Gasteiger partial charge is 0.327 e. The molecule has 0 fully saturated rings. The zero-order valence-electron chi connectivity index (χ0n) is 13.2. The van der Waals surface area contributed by atoms with Crippen LogP contribution in [0.3, 0.4) is 0 Å². The van der Waals surface area contributed by atoms with Gasteiger partial charge < -0.3 is 9.47 Å². The lowest BCUT2D eigenvalue weighted by atomic mass is 10.1. The number of anilines is 1. The van der Waals surface area contributed by atoms with E-state index in [0.717, 1.165) is 18.2 Å². The van der Waals surface area contributed by atoms with Crippen molar-refractivity contribution >= 4 is 22.4 Å². The molecule has 0 atom stereocenters. The van der Waals surface area contributed by atoms with Gasteiger partial charge in [0.15, 0.2) is 0 Å². The zero-order chi connectivity index (χ0) is 19.4. The maximum Gasteiger partial charge on any atom is 0.327 e. The molecule has 0 spiro atoms. The number of ketones is 1. The van der Waals surface area contributed by atoms with Crippen molar-refractivity contribution in [2.75, 3.05) is 18.5 Å². The molecule has 0 radical (unpaired) electrons. The number of carbonyl (C=O) groups is 1. The van der Waals surface area contributed by atoms with E-state index in [1.54, 1.807) is 0 Å². The molecule has 13 heteroatoms. The first kappa shape index (κ1) is 19.4. The van der Waals surface area contributed by atoms with E-state index in [4.69, 9.17) is 9.47 Å². The van der Waals surface area contributed by atoms with Crippen LogP contribution in [0, 0.1) is 5.82 Å². The molecule has 0 aliphatic heterocycles. The second kappa shape index (κ2) is 7.95. The third kappa shape index (κ3) is 3.82. The first-order chi connectivity index (χ1) is 12.3. The maximum absolute atomic E-state index is 14.1. The first-order valence-corrected chi connectivity index (χ1v) is 7.82. The Kier molecular flexibility index (Phi) is 5.92. The molecule has 0 N–H and O–H groups in total. The van der Waals surface area contributed by atoms with Gasteiger partial charge in [-0.15, -0.1) is 4.98 Å². The molecule has 140 valence electrons. The lowest BCUT2D eigenvalue weighted by Crippen LogP contribution is -2.30. The first-order valence-electron chi connectivity index (χ1n) is 6.69. The fraction of sp³-hybridized carbons (Fsp3) is 0.231. The number of alkyl halides is 2. The Morgan fingerprint density at radius 3 is 2.15 bits per heavy atom. The number of hydrogen-bond donors (Lipinski definition) is 1. The van der Waals surface area contributed by atoms with Gasteiger partial charge >= 0.3 is 18.6 Å². The Bertz CT molecular complexity index is 879. The molecule has 1 aromatic carbocycles. The summed E-state index contributed by atoms with van der Waals surface area (Å²) in [5.41, 5.74) is -1.82. The van der Waals surface area contributed by atoms with Crippen LogP contribution in [0.5, 0.6) is 12.0 Å². The summed E-state index contributed by atoms with van der Waals surface area (Å²) in [7, 11) is -1.55. The van der Waals surface area contributed by atoms with Crippen LogP contribution in [-0.4, -0.2) is 49.9 Å².